The average Bonchev–Trinajstić information content (AvgIpc) is 2.99. The highest BCUT2D eigenvalue weighted by atomic mass is 19.1. The number of nitrogens with one attached hydrogen (secondary N) is 2. The molecule has 6 heteroatoms. The summed E-state index contributed by atoms with van der Waals surface area (Å²) in [5.41, 5.74) is 1.53. The van der Waals surface area contributed by atoms with Gasteiger partial charge in [-0.15, -0.1) is 0 Å². The van der Waals surface area contributed by atoms with Crippen LogP contribution in [-0.2, 0) is 0 Å². The maximum Gasteiger partial charge on any atom is 0.222 e. The molecular weight excluding hydrogens is 286 g/mol. The fraction of sp³-hybridized carbons (Fsp3) is 0.375. The lowest BCUT2D eigenvalue weighted by atomic mass is 10.1. The molecule has 0 bridgehead atoms. The van der Waals surface area contributed by atoms with Gasteiger partial charge < -0.3 is 10.6 Å². The first-order valence-electron chi connectivity index (χ1n) is 7.40. The average molecular weight is 304 g/mol. The number of benzene rings is 1. The Morgan fingerprint density at radius 1 is 1.32 bits per heavy atom. The summed E-state index contributed by atoms with van der Waals surface area (Å²) in [6, 6.07) is 3.95. The van der Waals surface area contributed by atoms with E-state index in [0.717, 1.165) is 25.6 Å². The lowest BCUT2D eigenvalue weighted by Gasteiger charge is -2.13. The maximum atomic E-state index is 13.8. The number of halogens is 2. The number of aromatic nitrogens is 2. The number of rotatable bonds is 4. The molecule has 0 aliphatic carbocycles. The number of hydrogen-bond acceptors (Lipinski definition) is 4. The highest BCUT2D eigenvalue weighted by molar-refractivity contribution is 5.66. The molecule has 1 aromatic heterocycles. The van der Waals surface area contributed by atoms with Gasteiger partial charge in [0.2, 0.25) is 5.95 Å². The van der Waals surface area contributed by atoms with Gasteiger partial charge in [0.05, 0.1) is 5.69 Å². The molecule has 2 aromatic rings. The van der Waals surface area contributed by atoms with Crippen LogP contribution in [0, 0.1) is 18.6 Å². The molecule has 4 nitrogen and oxygen atoms in total. The second-order valence-corrected chi connectivity index (χ2v) is 5.49. The molecule has 3 rings (SSSR count). The van der Waals surface area contributed by atoms with Crippen LogP contribution in [0.15, 0.2) is 24.4 Å². The molecule has 1 atom stereocenters. The summed E-state index contributed by atoms with van der Waals surface area (Å²) < 4.78 is 26.8. The third-order valence-corrected chi connectivity index (χ3v) is 3.87. The van der Waals surface area contributed by atoms with E-state index in [1.165, 1.54) is 18.6 Å². The molecule has 1 aliphatic heterocycles. The van der Waals surface area contributed by atoms with Crippen molar-refractivity contribution in [1.29, 1.82) is 0 Å². The topological polar surface area (TPSA) is 49.8 Å². The zero-order chi connectivity index (χ0) is 15.5. The summed E-state index contributed by atoms with van der Waals surface area (Å²) in [6.45, 7) is 3.61. The smallest absolute Gasteiger partial charge is 0.222 e. The van der Waals surface area contributed by atoms with Gasteiger partial charge in [-0.2, -0.15) is 0 Å². The maximum absolute atomic E-state index is 13.8. The summed E-state index contributed by atoms with van der Waals surface area (Å²) in [5.74, 6) is -0.679. The summed E-state index contributed by atoms with van der Waals surface area (Å²) in [7, 11) is 0. The quantitative estimate of drug-likeness (QED) is 0.912. The molecule has 0 saturated carbocycles. The first kappa shape index (κ1) is 14.8. The monoisotopic (exact) mass is 304 g/mol. The first-order valence-corrected chi connectivity index (χ1v) is 7.40. The molecule has 116 valence electrons. The zero-order valence-electron chi connectivity index (χ0n) is 12.4. The van der Waals surface area contributed by atoms with E-state index in [1.54, 1.807) is 13.1 Å². The van der Waals surface area contributed by atoms with Gasteiger partial charge in [0.1, 0.15) is 11.6 Å². The standard InChI is InChI=1S/C16H18F2N4/c1-10-14(13-5-4-11(17)7-15(13)18)9-21-16(22-10)20-8-12-3-2-6-19-12/h4-5,7,9,12,19H,2-3,6,8H2,1H3,(H,20,21,22)/t12-/m0/s1. The van der Waals surface area contributed by atoms with Crippen LogP contribution in [0.1, 0.15) is 18.5 Å². The van der Waals surface area contributed by atoms with Crippen LogP contribution in [0.4, 0.5) is 14.7 Å². The SMILES string of the molecule is Cc1nc(NC[C@@H]2CCCN2)ncc1-c1ccc(F)cc1F. The van der Waals surface area contributed by atoms with Gasteiger partial charge >= 0.3 is 0 Å². The van der Waals surface area contributed by atoms with E-state index >= 15 is 0 Å². The number of anilines is 1. The van der Waals surface area contributed by atoms with Crippen LogP contribution in [0.3, 0.4) is 0 Å². The molecule has 22 heavy (non-hydrogen) atoms. The van der Waals surface area contributed by atoms with Crippen molar-refractivity contribution >= 4 is 5.95 Å². The van der Waals surface area contributed by atoms with Crippen LogP contribution in [0.25, 0.3) is 11.1 Å². The molecule has 1 saturated heterocycles. The van der Waals surface area contributed by atoms with E-state index < -0.39 is 11.6 Å². The number of nitrogens with zero attached hydrogens (tertiary/aromatic N) is 2. The van der Waals surface area contributed by atoms with Crippen molar-refractivity contribution in [3.8, 4) is 11.1 Å². The van der Waals surface area contributed by atoms with Crippen LogP contribution in [-0.4, -0.2) is 29.1 Å². The molecule has 2 N–H and O–H groups in total. The number of hydrogen-bond donors (Lipinski definition) is 2. The summed E-state index contributed by atoms with van der Waals surface area (Å²) in [6.07, 6.45) is 3.91. The third-order valence-electron chi connectivity index (χ3n) is 3.87. The third kappa shape index (κ3) is 3.22. The van der Waals surface area contributed by atoms with Crippen LogP contribution in [0.2, 0.25) is 0 Å². The van der Waals surface area contributed by atoms with Gasteiger partial charge in [-0.3, -0.25) is 0 Å². The zero-order valence-corrected chi connectivity index (χ0v) is 12.4. The van der Waals surface area contributed by atoms with Crippen molar-refractivity contribution in [3.63, 3.8) is 0 Å². The van der Waals surface area contributed by atoms with Gasteiger partial charge in [0.25, 0.3) is 0 Å². The van der Waals surface area contributed by atoms with Crippen molar-refractivity contribution in [2.75, 3.05) is 18.4 Å². The minimum atomic E-state index is -0.609. The highest BCUT2D eigenvalue weighted by Crippen LogP contribution is 2.25. The Morgan fingerprint density at radius 3 is 2.86 bits per heavy atom. The predicted molar refractivity (Wildman–Crippen MR) is 81.6 cm³/mol. The second-order valence-electron chi connectivity index (χ2n) is 5.49. The molecule has 1 aromatic carbocycles. The van der Waals surface area contributed by atoms with Crippen molar-refractivity contribution in [1.82, 2.24) is 15.3 Å². The van der Waals surface area contributed by atoms with E-state index in [2.05, 4.69) is 20.6 Å². The largest absolute Gasteiger partial charge is 0.353 e. The predicted octanol–water partition coefficient (Wildman–Crippen LogP) is 2.89. The fourth-order valence-corrected chi connectivity index (χ4v) is 2.67. The van der Waals surface area contributed by atoms with E-state index in [9.17, 15) is 8.78 Å². The van der Waals surface area contributed by atoms with E-state index in [1.807, 2.05) is 0 Å². The molecule has 0 radical (unpaired) electrons. The normalized spacial score (nSPS) is 17.7. The molecule has 0 spiro atoms. The minimum absolute atomic E-state index is 0.308. The number of aryl methyl sites for hydroxylation is 1. The van der Waals surface area contributed by atoms with Gasteiger partial charge in [0, 0.05) is 36.0 Å². The van der Waals surface area contributed by atoms with E-state index in [4.69, 9.17) is 0 Å². The second kappa shape index (κ2) is 6.36. The van der Waals surface area contributed by atoms with Crippen molar-refractivity contribution in [2.45, 2.75) is 25.8 Å². The Labute approximate surface area is 128 Å². The van der Waals surface area contributed by atoms with Crippen LogP contribution < -0.4 is 10.6 Å². The van der Waals surface area contributed by atoms with Crippen molar-refractivity contribution in [3.05, 3.63) is 41.7 Å². The van der Waals surface area contributed by atoms with Crippen molar-refractivity contribution in [2.24, 2.45) is 0 Å². The summed E-state index contributed by atoms with van der Waals surface area (Å²) >= 11 is 0. The Kier molecular flexibility index (Phi) is 4.29. The van der Waals surface area contributed by atoms with Gasteiger partial charge in [-0.05, 0) is 38.4 Å². The van der Waals surface area contributed by atoms with E-state index in [-0.39, 0.29) is 0 Å². The Balaban J connectivity index is 1.76. The van der Waals surface area contributed by atoms with Crippen LogP contribution >= 0.6 is 0 Å². The Morgan fingerprint density at radius 2 is 2.18 bits per heavy atom. The van der Waals surface area contributed by atoms with Crippen LogP contribution in [0.5, 0.6) is 0 Å². The van der Waals surface area contributed by atoms with Crippen molar-refractivity contribution < 1.29 is 8.78 Å². The van der Waals surface area contributed by atoms with Gasteiger partial charge in [-0.1, -0.05) is 0 Å². The summed E-state index contributed by atoms with van der Waals surface area (Å²) in [5, 5.41) is 6.58. The molecule has 1 fully saturated rings. The van der Waals surface area contributed by atoms with E-state index in [0.29, 0.717) is 28.8 Å². The molecular formula is C16H18F2N4. The minimum Gasteiger partial charge on any atom is -0.353 e. The molecule has 0 amide bonds. The first-order chi connectivity index (χ1) is 10.6. The van der Waals surface area contributed by atoms with Gasteiger partial charge in [0.15, 0.2) is 0 Å². The Hall–Kier alpha value is -2.08. The molecule has 2 heterocycles. The van der Waals surface area contributed by atoms with Gasteiger partial charge in [-0.25, -0.2) is 18.7 Å². The summed E-state index contributed by atoms with van der Waals surface area (Å²) in [4.78, 5) is 8.59. The fourth-order valence-electron chi connectivity index (χ4n) is 2.67. The lowest BCUT2D eigenvalue weighted by Crippen LogP contribution is -2.29. The Bertz CT molecular complexity index is 669. The highest BCUT2D eigenvalue weighted by Gasteiger charge is 2.15. The molecule has 0 unspecified atom stereocenters. The molecule has 1 aliphatic rings. The lowest BCUT2D eigenvalue weighted by molar-refractivity contribution is 0.585.